The van der Waals surface area contributed by atoms with Crippen LogP contribution in [0.4, 0.5) is 5.69 Å². The van der Waals surface area contributed by atoms with Gasteiger partial charge in [-0.1, -0.05) is 17.7 Å². The van der Waals surface area contributed by atoms with Crippen LogP contribution >= 0.6 is 0 Å². The predicted octanol–water partition coefficient (Wildman–Crippen LogP) is 2.53. The Balaban J connectivity index is 1.73. The van der Waals surface area contributed by atoms with E-state index in [4.69, 9.17) is 0 Å². The number of carbonyl (C=O) groups is 2. The highest BCUT2D eigenvalue weighted by Gasteiger charge is 2.61. The molecule has 3 nitrogen and oxygen atoms in total. The fourth-order valence-corrected chi connectivity index (χ4v) is 4.36. The zero-order valence-electron chi connectivity index (χ0n) is 11.0. The van der Waals surface area contributed by atoms with Crippen molar-refractivity contribution < 1.29 is 9.59 Å². The van der Waals surface area contributed by atoms with E-state index in [1.54, 1.807) is 0 Å². The largest absolute Gasteiger partial charge is 0.274 e. The monoisotopic (exact) mass is 255 g/mol. The van der Waals surface area contributed by atoms with Gasteiger partial charge in [0.2, 0.25) is 11.8 Å². The standard InChI is InChI=1S/C16H17NO2/c1-9-2-6-12(7-3-9)17-15(18)13-10-4-5-11(8-10)14(13)16(17)19/h2-3,6-7,10-11,13-14H,4-5,8H2,1H3/t10-,11-,13+,14+/m1/s1. The van der Waals surface area contributed by atoms with E-state index in [1.165, 1.54) is 4.90 Å². The molecule has 2 bridgehead atoms. The summed E-state index contributed by atoms with van der Waals surface area (Å²) in [6.45, 7) is 2.01. The van der Waals surface area contributed by atoms with Gasteiger partial charge in [0.25, 0.3) is 0 Å². The van der Waals surface area contributed by atoms with Crippen LogP contribution in [0.1, 0.15) is 24.8 Å². The molecule has 2 aliphatic carbocycles. The molecule has 0 radical (unpaired) electrons. The van der Waals surface area contributed by atoms with Crippen molar-refractivity contribution in [2.75, 3.05) is 4.90 Å². The van der Waals surface area contributed by atoms with Crippen molar-refractivity contribution in [2.24, 2.45) is 23.7 Å². The molecule has 1 heterocycles. The lowest BCUT2D eigenvalue weighted by molar-refractivity contribution is -0.123. The molecule has 1 aromatic rings. The maximum absolute atomic E-state index is 12.6. The molecule has 0 spiro atoms. The number of anilines is 1. The zero-order chi connectivity index (χ0) is 13.1. The number of benzene rings is 1. The van der Waals surface area contributed by atoms with E-state index in [0.717, 1.165) is 30.5 Å². The third kappa shape index (κ3) is 1.38. The number of rotatable bonds is 1. The van der Waals surface area contributed by atoms with E-state index < -0.39 is 0 Å². The lowest BCUT2D eigenvalue weighted by Crippen LogP contribution is -2.32. The second kappa shape index (κ2) is 3.69. The number of aryl methyl sites for hydroxylation is 1. The van der Waals surface area contributed by atoms with Crippen LogP contribution in [0.5, 0.6) is 0 Å². The van der Waals surface area contributed by atoms with Crippen LogP contribution in [0.15, 0.2) is 24.3 Å². The fraction of sp³-hybridized carbons (Fsp3) is 0.500. The normalized spacial score (nSPS) is 36.2. The number of hydrogen-bond acceptors (Lipinski definition) is 2. The molecule has 1 aliphatic heterocycles. The Morgan fingerprint density at radius 2 is 1.47 bits per heavy atom. The van der Waals surface area contributed by atoms with E-state index in [2.05, 4.69) is 0 Å². The maximum atomic E-state index is 12.6. The average molecular weight is 255 g/mol. The number of imide groups is 1. The number of carbonyl (C=O) groups excluding carboxylic acids is 2. The van der Waals surface area contributed by atoms with Crippen molar-refractivity contribution in [1.29, 1.82) is 0 Å². The van der Waals surface area contributed by atoms with Crippen LogP contribution < -0.4 is 4.90 Å². The van der Waals surface area contributed by atoms with E-state index in [9.17, 15) is 9.59 Å². The van der Waals surface area contributed by atoms with Crippen molar-refractivity contribution in [3.05, 3.63) is 29.8 Å². The Morgan fingerprint density at radius 1 is 0.947 bits per heavy atom. The first-order chi connectivity index (χ1) is 9.16. The third-order valence-electron chi connectivity index (χ3n) is 5.22. The Bertz CT molecular complexity index is 535. The molecule has 2 amide bonds. The van der Waals surface area contributed by atoms with Crippen molar-refractivity contribution in [3.63, 3.8) is 0 Å². The molecule has 98 valence electrons. The van der Waals surface area contributed by atoms with Gasteiger partial charge in [0, 0.05) is 0 Å². The molecule has 3 heteroatoms. The molecular formula is C16H17NO2. The minimum Gasteiger partial charge on any atom is -0.274 e. The van der Waals surface area contributed by atoms with Gasteiger partial charge >= 0.3 is 0 Å². The van der Waals surface area contributed by atoms with Gasteiger partial charge in [-0.05, 0) is 50.2 Å². The minimum atomic E-state index is -0.0208. The van der Waals surface area contributed by atoms with Gasteiger partial charge in [-0.15, -0.1) is 0 Å². The van der Waals surface area contributed by atoms with E-state index in [0.29, 0.717) is 11.8 Å². The van der Waals surface area contributed by atoms with E-state index in [1.807, 2.05) is 31.2 Å². The molecule has 3 aliphatic rings. The van der Waals surface area contributed by atoms with Crippen molar-refractivity contribution in [2.45, 2.75) is 26.2 Å². The molecule has 1 aromatic carbocycles. The molecule has 0 N–H and O–H groups in total. The summed E-state index contributed by atoms with van der Waals surface area (Å²) in [6, 6.07) is 7.68. The minimum absolute atomic E-state index is 0.0208. The van der Waals surface area contributed by atoms with Crippen molar-refractivity contribution in [3.8, 4) is 0 Å². The van der Waals surface area contributed by atoms with Crippen LogP contribution in [0.3, 0.4) is 0 Å². The van der Waals surface area contributed by atoms with Gasteiger partial charge in [0.05, 0.1) is 17.5 Å². The Kier molecular flexibility index (Phi) is 2.17. The second-order valence-electron chi connectivity index (χ2n) is 6.23. The SMILES string of the molecule is Cc1ccc(N2C(=O)[C@H]3[C@@H]4CC[C@H](C4)[C@@H]3C2=O)cc1. The zero-order valence-corrected chi connectivity index (χ0v) is 11.0. The highest BCUT2D eigenvalue weighted by Crippen LogP contribution is 2.56. The summed E-state index contributed by atoms with van der Waals surface area (Å²) in [5, 5.41) is 0. The summed E-state index contributed by atoms with van der Waals surface area (Å²) < 4.78 is 0. The molecule has 4 rings (SSSR count). The summed E-state index contributed by atoms with van der Waals surface area (Å²) in [4.78, 5) is 26.6. The number of amides is 2. The van der Waals surface area contributed by atoms with Gasteiger partial charge in [-0.2, -0.15) is 0 Å². The van der Waals surface area contributed by atoms with Crippen molar-refractivity contribution in [1.82, 2.24) is 0 Å². The molecule has 19 heavy (non-hydrogen) atoms. The smallest absolute Gasteiger partial charge is 0.237 e. The lowest BCUT2D eigenvalue weighted by Gasteiger charge is -2.19. The number of nitrogens with zero attached hydrogens (tertiary/aromatic N) is 1. The Morgan fingerprint density at radius 3 is 2.00 bits per heavy atom. The van der Waals surface area contributed by atoms with Crippen LogP contribution in [0, 0.1) is 30.6 Å². The predicted molar refractivity (Wildman–Crippen MR) is 71.5 cm³/mol. The fourth-order valence-electron chi connectivity index (χ4n) is 4.36. The third-order valence-corrected chi connectivity index (χ3v) is 5.22. The lowest BCUT2D eigenvalue weighted by atomic mass is 9.81. The summed E-state index contributed by atoms with van der Waals surface area (Å²) in [5.41, 5.74) is 1.89. The molecule has 3 fully saturated rings. The average Bonchev–Trinajstić information content (AvgIpc) is 3.06. The Hall–Kier alpha value is -1.64. The number of hydrogen-bond donors (Lipinski definition) is 0. The van der Waals surface area contributed by atoms with Gasteiger partial charge in [-0.25, -0.2) is 0 Å². The summed E-state index contributed by atoms with van der Waals surface area (Å²) in [6.07, 6.45) is 3.35. The second-order valence-corrected chi connectivity index (χ2v) is 6.23. The maximum Gasteiger partial charge on any atom is 0.237 e. The topological polar surface area (TPSA) is 37.4 Å². The van der Waals surface area contributed by atoms with E-state index >= 15 is 0 Å². The van der Waals surface area contributed by atoms with Gasteiger partial charge < -0.3 is 0 Å². The molecule has 4 atom stereocenters. The van der Waals surface area contributed by atoms with Crippen LogP contribution in [0.2, 0.25) is 0 Å². The van der Waals surface area contributed by atoms with Gasteiger partial charge in [0.15, 0.2) is 0 Å². The first-order valence-corrected chi connectivity index (χ1v) is 7.11. The van der Waals surface area contributed by atoms with E-state index in [-0.39, 0.29) is 23.7 Å². The van der Waals surface area contributed by atoms with Crippen LogP contribution in [-0.4, -0.2) is 11.8 Å². The number of fused-ring (bicyclic) bond motifs is 5. The first-order valence-electron chi connectivity index (χ1n) is 7.11. The molecule has 0 aromatic heterocycles. The highest BCUT2D eigenvalue weighted by atomic mass is 16.2. The summed E-state index contributed by atoms with van der Waals surface area (Å²) in [5.74, 6) is 0.973. The summed E-state index contributed by atoms with van der Waals surface area (Å²) >= 11 is 0. The van der Waals surface area contributed by atoms with Gasteiger partial charge in [0.1, 0.15) is 0 Å². The van der Waals surface area contributed by atoms with Crippen molar-refractivity contribution >= 4 is 17.5 Å². The first kappa shape index (κ1) is 11.2. The Labute approximate surface area is 112 Å². The molecule has 0 unspecified atom stereocenters. The molecule has 1 saturated heterocycles. The van der Waals surface area contributed by atoms with Crippen LogP contribution in [0.25, 0.3) is 0 Å². The van der Waals surface area contributed by atoms with Gasteiger partial charge in [-0.3, -0.25) is 14.5 Å². The highest BCUT2D eigenvalue weighted by molar-refractivity contribution is 6.22. The summed E-state index contributed by atoms with van der Waals surface area (Å²) in [7, 11) is 0. The van der Waals surface area contributed by atoms with Crippen LogP contribution in [-0.2, 0) is 9.59 Å². The molecule has 2 saturated carbocycles. The molecular weight excluding hydrogens is 238 g/mol. The quantitative estimate of drug-likeness (QED) is 0.723.